The molecule has 0 spiro atoms. The number of hydrogen-bond donors (Lipinski definition) is 0. The molecule has 4 rings (SSSR count). The summed E-state index contributed by atoms with van der Waals surface area (Å²) < 4.78 is 5.09. The molecule has 0 fully saturated rings. The summed E-state index contributed by atoms with van der Waals surface area (Å²) in [5, 5.41) is 9.55. The molecule has 0 N–H and O–H groups in total. The van der Waals surface area contributed by atoms with Crippen molar-refractivity contribution in [2.24, 2.45) is 14.1 Å². The predicted molar refractivity (Wildman–Crippen MR) is 101 cm³/mol. The van der Waals surface area contributed by atoms with Gasteiger partial charge in [0, 0.05) is 14.1 Å². The Hall–Kier alpha value is -4.00. The number of para-hydroxylation sites is 1. The molecule has 0 radical (unpaired) electrons. The molecule has 0 saturated heterocycles. The molecule has 0 aliphatic rings. The van der Waals surface area contributed by atoms with Crippen LogP contribution in [-0.2, 0) is 27.2 Å². The number of benzene rings is 1. The summed E-state index contributed by atoms with van der Waals surface area (Å²) in [6.07, 6.45) is 1.42. The number of rotatable bonds is 3. The third-order valence-corrected chi connectivity index (χ3v) is 4.70. The van der Waals surface area contributed by atoms with E-state index in [2.05, 4.69) is 9.97 Å². The number of nitriles is 1. The monoisotopic (exact) mass is 377 g/mol. The van der Waals surface area contributed by atoms with Gasteiger partial charge in [-0.05, 0) is 12.1 Å². The van der Waals surface area contributed by atoms with Crippen molar-refractivity contribution in [2.75, 3.05) is 0 Å². The minimum atomic E-state index is -0.495. The van der Waals surface area contributed by atoms with Crippen LogP contribution in [0.3, 0.4) is 0 Å². The third-order valence-electron chi connectivity index (χ3n) is 4.70. The third kappa shape index (κ3) is 2.44. The van der Waals surface area contributed by atoms with Gasteiger partial charge in [0.2, 0.25) is 0 Å². The highest BCUT2D eigenvalue weighted by Crippen LogP contribution is 2.12. The van der Waals surface area contributed by atoms with Crippen molar-refractivity contribution in [2.45, 2.75) is 13.1 Å². The first-order valence-electron chi connectivity index (χ1n) is 8.40. The fourth-order valence-electron chi connectivity index (χ4n) is 3.24. The Morgan fingerprint density at radius 2 is 1.82 bits per heavy atom. The Labute approximate surface area is 157 Å². The van der Waals surface area contributed by atoms with Gasteiger partial charge in [-0.15, -0.1) is 0 Å². The van der Waals surface area contributed by atoms with E-state index in [1.54, 1.807) is 24.3 Å². The first-order chi connectivity index (χ1) is 13.4. The lowest BCUT2D eigenvalue weighted by atomic mass is 10.2. The average molecular weight is 377 g/mol. The van der Waals surface area contributed by atoms with Gasteiger partial charge < -0.3 is 4.57 Å². The van der Waals surface area contributed by atoms with E-state index in [-0.39, 0.29) is 29.8 Å². The van der Waals surface area contributed by atoms with Crippen molar-refractivity contribution in [1.29, 1.82) is 5.26 Å². The first kappa shape index (κ1) is 17.4. The summed E-state index contributed by atoms with van der Waals surface area (Å²) in [4.78, 5) is 46.2. The van der Waals surface area contributed by atoms with Gasteiger partial charge in [-0.3, -0.25) is 23.3 Å². The molecule has 3 heterocycles. The maximum Gasteiger partial charge on any atom is 0.332 e. The highest BCUT2D eigenvalue weighted by molar-refractivity contribution is 5.77. The molecule has 0 unspecified atom stereocenters. The summed E-state index contributed by atoms with van der Waals surface area (Å²) >= 11 is 0. The fourth-order valence-corrected chi connectivity index (χ4v) is 3.24. The lowest BCUT2D eigenvalue weighted by molar-refractivity contribution is 0.649. The molecule has 140 valence electrons. The Morgan fingerprint density at radius 3 is 2.57 bits per heavy atom. The predicted octanol–water partition coefficient (Wildman–Crippen LogP) is -0.285. The number of aromatic nitrogens is 6. The topological polar surface area (TPSA) is 120 Å². The van der Waals surface area contributed by atoms with Crippen molar-refractivity contribution in [3.63, 3.8) is 0 Å². The summed E-state index contributed by atoms with van der Waals surface area (Å²) in [6.45, 7) is -0.124. The molecule has 1 aromatic carbocycles. The molecule has 0 saturated carbocycles. The van der Waals surface area contributed by atoms with Gasteiger partial charge in [0.05, 0.1) is 29.8 Å². The SMILES string of the molecule is Cn1c(=O)c2c(ncn2Cc2nc3ccccc3c(=O)n2CC#N)n(C)c1=O. The van der Waals surface area contributed by atoms with Crippen LogP contribution in [0.15, 0.2) is 45.0 Å². The summed E-state index contributed by atoms with van der Waals surface area (Å²) in [6, 6.07) is 8.84. The van der Waals surface area contributed by atoms with Crippen molar-refractivity contribution in [3.05, 3.63) is 67.6 Å². The molecule has 0 aliphatic heterocycles. The van der Waals surface area contributed by atoms with E-state index in [0.717, 1.165) is 4.57 Å². The number of aryl methyl sites for hydroxylation is 1. The zero-order valence-corrected chi connectivity index (χ0v) is 15.2. The van der Waals surface area contributed by atoms with Gasteiger partial charge in [-0.25, -0.2) is 14.8 Å². The van der Waals surface area contributed by atoms with Gasteiger partial charge >= 0.3 is 5.69 Å². The van der Waals surface area contributed by atoms with Crippen LogP contribution in [0.2, 0.25) is 0 Å². The smallest absolute Gasteiger partial charge is 0.317 e. The van der Waals surface area contributed by atoms with Crippen molar-refractivity contribution >= 4 is 22.1 Å². The second-order valence-electron chi connectivity index (χ2n) is 6.35. The van der Waals surface area contributed by atoms with Gasteiger partial charge in [-0.2, -0.15) is 5.26 Å². The average Bonchev–Trinajstić information content (AvgIpc) is 3.11. The highest BCUT2D eigenvalue weighted by Gasteiger charge is 2.17. The van der Waals surface area contributed by atoms with Crippen molar-refractivity contribution in [3.8, 4) is 6.07 Å². The second kappa shape index (κ2) is 6.31. The van der Waals surface area contributed by atoms with Gasteiger partial charge in [0.1, 0.15) is 12.4 Å². The van der Waals surface area contributed by atoms with Crippen LogP contribution in [0.1, 0.15) is 5.82 Å². The molecule has 0 amide bonds. The van der Waals surface area contributed by atoms with Crippen LogP contribution < -0.4 is 16.8 Å². The van der Waals surface area contributed by atoms with E-state index < -0.39 is 11.2 Å². The second-order valence-corrected chi connectivity index (χ2v) is 6.35. The van der Waals surface area contributed by atoms with Crippen LogP contribution in [0.4, 0.5) is 0 Å². The maximum atomic E-state index is 12.8. The first-order valence-corrected chi connectivity index (χ1v) is 8.40. The van der Waals surface area contributed by atoms with Crippen LogP contribution in [-0.4, -0.2) is 28.2 Å². The molecule has 3 aromatic heterocycles. The van der Waals surface area contributed by atoms with Crippen LogP contribution in [0.25, 0.3) is 22.1 Å². The number of fused-ring (bicyclic) bond motifs is 2. The number of imidazole rings is 1. The minimum Gasteiger partial charge on any atom is -0.317 e. The van der Waals surface area contributed by atoms with E-state index in [9.17, 15) is 14.4 Å². The highest BCUT2D eigenvalue weighted by atomic mass is 16.2. The Kier molecular flexibility index (Phi) is 3.93. The summed E-state index contributed by atoms with van der Waals surface area (Å²) in [5.41, 5.74) is -0.342. The van der Waals surface area contributed by atoms with E-state index in [4.69, 9.17) is 5.26 Å². The molecule has 10 heteroatoms. The molecule has 0 bridgehead atoms. The maximum absolute atomic E-state index is 12.8. The van der Waals surface area contributed by atoms with E-state index in [1.165, 1.54) is 34.1 Å². The molecule has 0 atom stereocenters. The summed E-state index contributed by atoms with van der Waals surface area (Å²) in [5.74, 6) is 0.320. The number of hydrogen-bond acceptors (Lipinski definition) is 6. The Morgan fingerprint density at radius 1 is 1.07 bits per heavy atom. The zero-order valence-electron chi connectivity index (χ0n) is 15.2. The Balaban J connectivity index is 1.98. The molecular weight excluding hydrogens is 362 g/mol. The molecule has 28 heavy (non-hydrogen) atoms. The summed E-state index contributed by atoms with van der Waals surface area (Å²) in [7, 11) is 2.92. The normalized spacial score (nSPS) is 11.2. The largest absolute Gasteiger partial charge is 0.332 e. The van der Waals surface area contributed by atoms with Gasteiger partial charge in [0.25, 0.3) is 11.1 Å². The van der Waals surface area contributed by atoms with Crippen molar-refractivity contribution < 1.29 is 0 Å². The molecular formula is C18H15N7O3. The lowest BCUT2D eigenvalue weighted by Crippen LogP contribution is -2.37. The molecule has 4 aromatic rings. The van der Waals surface area contributed by atoms with E-state index in [0.29, 0.717) is 16.7 Å². The molecule has 10 nitrogen and oxygen atoms in total. The van der Waals surface area contributed by atoms with Crippen molar-refractivity contribution in [1.82, 2.24) is 28.2 Å². The lowest BCUT2D eigenvalue weighted by Gasteiger charge is -2.12. The van der Waals surface area contributed by atoms with Crippen LogP contribution in [0, 0.1) is 11.3 Å². The van der Waals surface area contributed by atoms with E-state index >= 15 is 0 Å². The van der Waals surface area contributed by atoms with Gasteiger partial charge in [-0.1, -0.05) is 12.1 Å². The zero-order chi connectivity index (χ0) is 20.0. The standard InChI is InChI=1S/C18H15N7O3/c1-22-15-14(17(27)23(2)18(22)28)24(10-20-15)9-13-21-12-6-4-3-5-11(12)16(26)25(13)8-7-19/h3-6,10H,8-9H2,1-2H3. The van der Waals surface area contributed by atoms with Gasteiger partial charge in [0.15, 0.2) is 11.2 Å². The Bertz CT molecular complexity index is 1460. The molecule has 0 aliphatic carbocycles. The number of nitrogens with zero attached hydrogens (tertiary/aromatic N) is 7. The quantitative estimate of drug-likeness (QED) is 0.484. The van der Waals surface area contributed by atoms with Crippen LogP contribution in [0.5, 0.6) is 0 Å². The van der Waals surface area contributed by atoms with E-state index in [1.807, 2.05) is 6.07 Å². The fraction of sp³-hybridized carbons (Fsp3) is 0.222. The minimum absolute atomic E-state index is 0.0473. The van der Waals surface area contributed by atoms with Crippen LogP contribution >= 0.6 is 0 Å².